The normalized spacial score (nSPS) is 22.3. The van der Waals surface area contributed by atoms with E-state index in [2.05, 4.69) is 21.8 Å². The van der Waals surface area contributed by atoms with E-state index in [0.717, 1.165) is 11.8 Å². The maximum atomic E-state index is 11.9. The summed E-state index contributed by atoms with van der Waals surface area (Å²) in [6.45, 7) is 0.0924. The lowest BCUT2D eigenvalue weighted by molar-refractivity contribution is 0.588. The van der Waals surface area contributed by atoms with Crippen molar-refractivity contribution in [1.82, 2.24) is 0 Å². The molecular weight excluding hydrogens is 248 g/mol. The standard InChI is InChI=1S/C13H12N2O2S/c1-18(16,17)13(9-14-11-15-10-13)8-7-12-5-3-2-4-6-12/h2-6,9,11H,10H2,1H3. The molecule has 0 bridgehead atoms. The summed E-state index contributed by atoms with van der Waals surface area (Å²) in [5.41, 5.74) is 0.767. The highest BCUT2D eigenvalue weighted by Crippen LogP contribution is 2.16. The molecule has 1 unspecified atom stereocenters. The number of nitrogens with zero attached hydrogens (tertiary/aromatic N) is 2. The Balaban J connectivity index is 2.43. The molecule has 1 aromatic carbocycles. The molecule has 4 nitrogen and oxygen atoms in total. The van der Waals surface area contributed by atoms with Crippen molar-refractivity contribution in [3.63, 3.8) is 0 Å². The molecule has 0 amide bonds. The molecule has 5 heteroatoms. The minimum Gasteiger partial charge on any atom is -0.270 e. The summed E-state index contributed by atoms with van der Waals surface area (Å²) in [4.78, 5) is 7.72. The molecule has 0 fully saturated rings. The Morgan fingerprint density at radius 2 is 2.00 bits per heavy atom. The first-order valence-corrected chi connectivity index (χ1v) is 7.23. The summed E-state index contributed by atoms with van der Waals surface area (Å²) in [5.74, 6) is 5.66. The van der Waals surface area contributed by atoms with Gasteiger partial charge in [0.15, 0.2) is 14.6 Å². The molecule has 1 aliphatic heterocycles. The molecule has 1 aliphatic rings. The van der Waals surface area contributed by atoms with E-state index in [1.165, 1.54) is 12.6 Å². The molecule has 1 aromatic rings. The summed E-state index contributed by atoms with van der Waals surface area (Å²) in [6, 6.07) is 9.23. The summed E-state index contributed by atoms with van der Waals surface area (Å²) >= 11 is 0. The Kier molecular flexibility index (Phi) is 3.30. The second kappa shape index (κ2) is 4.75. The van der Waals surface area contributed by atoms with Gasteiger partial charge in [0.1, 0.15) is 6.34 Å². The largest absolute Gasteiger partial charge is 0.270 e. The van der Waals surface area contributed by atoms with Crippen molar-refractivity contribution in [2.24, 2.45) is 9.98 Å². The van der Waals surface area contributed by atoms with Crippen LogP contribution in [-0.4, -0.2) is 38.5 Å². The van der Waals surface area contributed by atoms with E-state index in [1.54, 1.807) is 0 Å². The third-order valence-electron chi connectivity index (χ3n) is 2.61. The zero-order valence-electron chi connectivity index (χ0n) is 9.87. The Labute approximate surface area is 106 Å². The molecule has 0 aromatic heterocycles. The Hall–Kier alpha value is -1.93. The van der Waals surface area contributed by atoms with E-state index < -0.39 is 14.6 Å². The minimum atomic E-state index is -3.39. The predicted molar refractivity (Wildman–Crippen MR) is 72.7 cm³/mol. The van der Waals surface area contributed by atoms with Crippen molar-refractivity contribution in [3.8, 4) is 11.8 Å². The van der Waals surface area contributed by atoms with Crippen LogP contribution in [0.3, 0.4) is 0 Å². The van der Waals surface area contributed by atoms with Crippen LogP contribution in [0, 0.1) is 11.8 Å². The summed E-state index contributed by atoms with van der Waals surface area (Å²) in [6.07, 6.45) is 3.85. The number of sulfone groups is 1. The lowest BCUT2D eigenvalue weighted by Crippen LogP contribution is -2.42. The van der Waals surface area contributed by atoms with Crippen LogP contribution in [0.2, 0.25) is 0 Å². The monoisotopic (exact) mass is 260 g/mol. The van der Waals surface area contributed by atoms with Crippen LogP contribution < -0.4 is 0 Å². The topological polar surface area (TPSA) is 58.9 Å². The highest BCUT2D eigenvalue weighted by atomic mass is 32.2. The molecular formula is C13H12N2O2S. The Morgan fingerprint density at radius 3 is 2.56 bits per heavy atom. The van der Waals surface area contributed by atoms with Crippen molar-refractivity contribution in [2.45, 2.75) is 4.75 Å². The third kappa shape index (κ3) is 2.49. The molecule has 92 valence electrons. The van der Waals surface area contributed by atoms with Gasteiger partial charge in [-0.25, -0.2) is 13.4 Å². The number of rotatable bonds is 1. The minimum absolute atomic E-state index is 0.0924. The zero-order valence-corrected chi connectivity index (χ0v) is 10.7. The van der Waals surface area contributed by atoms with Crippen molar-refractivity contribution in [2.75, 3.05) is 12.8 Å². The van der Waals surface area contributed by atoms with E-state index in [4.69, 9.17) is 0 Å². The first kappa shape index (κ1) is 12.5. The van der Waals surface area contributed by atoms with Gasteiger partial charge in [-0.15, -0.1) is 0 Å². The molecule has 18 heavy (non-hydrogen) atoms. The number of benzene rings is 1. The van der Waals surface area contributed by atoms with Crippen molar-refractivity contribution in [1.29, 1.82) is 0 Å². The molecule has 1 heterocycles. The smallest absolute Gasteiger partial charge is 0.187 e. The predicted octanol–water partition coefficient (Wildman–Crippen LogP) is 0.934. The van der Waals surface area contributed by atoms with Crippen LogP contribution in [-0.2, 0) is 9.84 Å². The SMILES string of the molecule is CS(=O)(=O)C1(C#Cc2ccccc2)C=NC=NC1. The second-order valence-electron chi connectivity index (χ2n) is 4.01. The lowest BCUT2D eigenvalue weighted by atomic mass is 10.1. The van der Waals surface area contributed by atoms with Gasteiger partial charge in [0.25, 0.3) is 0 Å². The number of aliphatic imine (C=N–C) groups is 2. The van der Waals surface area contributed by atoms with E-state index >= 15 is 0 Å². The van der Waals surface area contributed by atoms with Crippen molar-refractivity contribution in [3.05, 3.63) is 35.9 Å². The summed E-state index contributed by atoms with van der Waals surface area (Å²) < 4.78 is 22.4. The van der Waals surface area contributed by atoms with Gasteiger partial charge < -0.3 is 0 Å². The van der Waals surface area contributed by atoms with Gasteiger partial charge in [0.2, 0.25) is 0 Å². The fourth-order valence-electron chi connectivity index (χ4n) is 1.50. The van der Waals surface area contributed by atoms with E-state index in [9.17, 15) is 8.42 Å². The molecule has 0 saturated heterocycles. The van der Waals surface area contributed by atoms with Gasteiger partial charge in [-0.2, -0.15) is 0 Å². The maximum Gasteiger partial charge on any atom is 0.187 e. The highest BCUT2D eigenvalue weighted by Gasteiger charge is 2.38. The average Bonchev–Trinajstić information content (AvgIpc) is 2.37. The molecule has 1 atom stereocenters. The molecule has 0 radical (unpaired) electrons. The molecule has 0 aliphatic carbocycles. The fraction of sp³-hybridized carbons (Fsp3) is 0.231. The van der Waals surface area contributed by atoms with Crippen LogP contribution in [0.5, 0.6) is 0 Å². The quantitative estimate of drug-likeness (QED) is 0.705. The van der Waals surface area contributed by atoms with Crippen LogP contribution in [0.15, 0.2) is 40.3 Å². The summed E-state index contributed by atoms with van der Waals surface area (Å²) in [5, 5.41) is 0. The van der Waals surface area contributed by atoms with E-state index in [0.29, 0.717) is 0 Å². The lowest BCUT2D eigenvalue weighted by Gasteiger charge is -2.21. The van der Waals surface area contributed by atoms with Gasteiger partial charge in [0.05, 0.1) is 6.54 Å². The van der Waals surface area contributed by atoms with Crippen molar-refractivity contribution >= 4 is 22.4 Å². The van der Waals surface area contributed by atoms with Crippen LogP contribution in [0.4, 0.5) is 0 Å². The van der Waals surface area contributed by atoms with Crippen LogP contribution >= 0.6 is 0 Å². The molecule has 0 N–H and O–H groups in total. The Morgan fingerprint density at radius 1 is 1.28 bits per heavy atom. The third-order valence-corrected chi connectivity index (χ3v) is 4.27. The number of hydrogen-bond donors (Lipinski definition) is 0. The van der Waals surface area contributed by atoms with Gasteiger partial charge in [-0.3, -0.25) is 4.99 Å². The molecule has 2 rings (SSSR count). The van der Waals surface area contributed by atoms with E-state index in [1.807, 2.05) is 30.3 Å². The van der Waals surface area contributed by atoms with Gasteiger partial charge >= 0.3 is 0 Å². The highest BCUT2D eigenvalue weighted by molar-refractivity contribution is 7.93. The van der Waals surface area contributed by atoms with Gasteiger partial charge in [-0.05, 0) is 12.1 Å². The molecule has 0 saturated carbocycles. The maximum absolute atomic E-state index is 11.9. The first-order valence-electron chi connectivity index (χ1n) is 5.34. The van der Waals surface area contributed by atoms with Gasteiger partial charge in [-0.1, -0.05) is 30.0 Å². The second-order valence-corrected chi connectivity index (χ2v) is 6.28. The Bertz CT molecular complexity index is 651. The molecule has 0 spiro atoms. The van der Waals surface area contributed by atoms with Crippen LogP contribution in [0.1, 0.15) is 5.56 Å². The zero-order chi connectivity index (χ0) is 13.1. The van der Waals surface area contributed by atoms with Crippen molar-refractivity contribution < 1.29 is 8.42 Å². The van der Waals surface area contributed by atoms with Crippen LogP contribution in [0.25, 0.3) is 0 Å². The average molecular weight is 260 g/mol. The van der Waals surface area contributed by atoms with Gasteiger partial charge in [0, 0.05) is 18.0 Å². The first-order chi connectivity index (χ1) is 8.54. The fourth-order valence-corrected chi connectivity index (χ4v) is 2.29. The summed E-state index contributed by atoms with van der Waals surface area (Å²) in [7, 11) is -3.39. The van der Waals surface area contributed by atoms with E-state index in [-0.39, 0.29) is 6.54 Å². The number of hydrogen-bond acceptors (Lipinski definition) is 4.